The van der Waals surface area contributed by atoms with E-state index in [0.717, 1.165) is 17.7 Å². The van der Waals surface area contributed by atoms with E-state index < -0.39 is 6.61 Å². The van der Waals surface area contributed by atoms with Gasteiger partial charge in [0.2, 0.25) is 5.91 Å². The summed E-state index contributed by atoms with van der Waals surface area (Å²) in [6.07, 6.45) is 1.84. The number of halogens is 2. The number of rotatable bonds is 8. The summed E-state index contributed by atoms with van der Waals surface area (Å²) in [6.45, 7) is -1.92. The number of anilines is 1. The molecule has 29 heavy (non-hydrogen) atoms. The average Bonchev–Trinajstić information content (AvgIpc) is 3.14. The largest absolute Gasteiger partial charge is 0.493 e. The molecule has 0 saturated carbocycles. The van der Waals surface area contributed by atoms with E-state index in [2.05, 4.69) is 10.1 Å². The molecule has 1 aliphatic rings. The van der Waals surface area contributed by atoms with Crippen molar-refractivity contribution in [1.82, 2.24) is 5.32 Å². The first kappa shape index (κ1) is 20.6. The molecule has 6 nitrogen and oxygen atoms in total. The standard InChI is InChI=1S/C21H22F2N2O4/c1-28-18-12-14(7-8-17(18)29-21(22)23)9-10-24-20(27)15-4-2-5-16(13-15)25-11-3-6-19(25)26/h2,4-5,7-8,12-13,21H,3,6,9-11H2,1H3,(H,24,27). The topological polar surface area (TPSA) is 67.9 Å². The van der Waals surface area contributed by atoms with Crippen LogP contribution in [0.1, 0.15) is 28.8 Å². The van der Waals surface area contributed by atoms with Crippen LogP contribution in [-0.4, -0.2) is 38.6 Å². The Balaban J connectivity index is 1.58. The zero-order valence-electron chi connectivity index (χ0n) is 16.0. The van der Waals surface area contributed by atoms with Gasteiger partial charge in [-0.1, -0.05) is 12.1 Å². The summed E-state index contributed by atoms with van der Waals surface area (Å²) in [4.78, 5) is 26.0. The van der Waals surface area contributed by atoms with Crippen molar-refractivity contribution in [3.8, 4) is 11.5 Å². The number of hydrogen-bond acceptors (Lipinski definition) is 4. The van der Waals surface area contributed by atoms with Crippen LogP contribution in [0.4, 0.5) is 14.5 Å². The number of carbonyl (C=O) groups excluding carboxylic acids is 2. The van der Waals surface area contributed by atoms with Crippen LogP contribution in [0.5, 0.6) is 11.5 Å². The fraction of sp³-hybridized carbons (Fsp3) is 0.333. The molecule has 0 aromatic heterocycles. The van der Waals surface area contributed by atoms with Crippen molar-refractivity contribution < 1.29 is 27.8 Å². The van der Waals surface area contributed by atoms with E-state index in [4.69, 9.17) is 4.74 Å². The predicted octanol–water partition coefficient (Wildman–Crippen LogP) is 3.40. The summed E-state index contributed by atoms with van der Waals surface area (Å²) in [6, 6.07) is 11.6. The molecule has 8 heteroatoms. The molecule has 2 aromatic rings. The van der Waals surface area contributed by atoms with Gasteiger partial charge in [0, 0.05) is 30.8 Å². The fourth-order valence-electron chi connectivity index (χ4n) is 3.22. The summed E-state index contributed by atoms with van der Waals surface area (Å²) in [5, 5.41) is 2.83. The average molecular weight is 404 g/mol. The quantitative estimate of drug-likeness (QED) is 0.732. The van der Waals surface area contributed by atoms with E-state index in [-0.39, 0.29) is 23.3 Å². The Morgan fingerprint density at radius 3 is 2.72 bits per heavy atom. The Bertz CT molecular complexity index is 889. The first-order valence-electron chi connectivity index (χ1n) is 9.28. The molecule has 0 radical (unpaired) electrons. The minimum absolute atomic E-state index is 0.0384. The normalized spacial score (nSPS) is 13.7. The third kappa shape index (κ3) is 5.22. The lowest BCUT2D eigenvalue weighted by Crippen LogP contribution is -2.27. The number of benzene rings is 2. The van der Waals surface area contributed by atoms with E-state index in [1.165, 1.54) is 13.2 Å². The van der Waals surface area contributed by atoms with Crippen molar-refractivity contribution in [1.29, 1.82) is 0 Å². The molecule has 0 spiro atoms. The lowest BCUT2D eigenvalue weighted by molar-refractivity contribution is -0.117. The van der Waals surface area contributed by atoms with Gasteiger partial charge in [0.15, 0.2) is 11.5 Å². The van der Waals surface area contributed by atoms with Crippen LogP contribution in [0.15, 0.2) is 42.5 Å². The second kappa shape index (κ2) is 9.36. The van der Waals surface area contributed by atoms with E-state index in [1.54, 1.807) is 35.2 Å². The van der Waals surface area contributed by atoms with Crippen LogP contribution in [0.25, 0.3) is 0 Å². The fourth-order valence-corrected chi connectivity index (χ4v) is 3.22. The lowest BCUT2D eigenvalue weighted by atomic mass is 10.1. The number of ether oxygens (including phenoxy) is 2. The first-order valence-corrected chi connectivity index (χ1v) is 9.28. The molecule has 0 unspecified atom stereocenters. The van der Waals surface area contributed by atoms with Crippen LogP contribution >= 0.6 is 0 Å². The Morgan fingerprint density at radius 1 is 1.21 bits per heavy atom. The highest BCUT2D eigenvalue weighted by Gasteiger charge is 2.22. The molecule has 2 aromatic carbocycles. The zero-order valence-corrected chi connectivity index (χ0v) is 16.0. The van der Waals surface area contributed by atoms with E-state index in [9.17, 15) is 18.4 Å². The Kier molecular flexibility index (Phi) is 6.64. The van der Waals surface area contributed by atoms with Gasteiger partial charge in [-0.05, 0) is 48.7 Å². The minimum atomic E-state index is -2.93. The van der Waals surface area contributed by atoms with Crippen molar-refractivity contribution in [2.24, 2.45) is 0 Å². The second-order valence-corrected chi connectivity index (χ2v) is 6.57. The van der Waals surface area contributed by atoms with Crippen LogP contribution in [0.2, 0.25) is 0 Å². The number of hydrogen-bond donors (Lipinski definition) is 1. The highest BCUT2D eigenvalue weighted by Crippen LogP contribution is 2.29. The highest BCUT2D eigenvalue weighted by molar-refractivity contribution is 5.99. The maximum Gasteiger partial charge on any atom is 0.387 e. The molecule has 154 valence electrons. The third-order valence-corrected chi connectivity index (χ3v) is 4.64. The van der Waals surface area contributed by atoms with Gasteiger partial charge in [0.25, 0.3) is 5.91 Å². The molecule has 0 aliphatic carbocycles. The van der Waals surface area contributed by atoms with Crippen molar-refractivity contribution in [2.75, 3.05) is 25.1 Å². The Labute approximate surface area is 167 Å². The predicted molar refractivity (Wildman–Crippen MR) is 104 cm³/mol. The SMILES string of the molecule is COc1cc(CCNC(=O)c2cccc(N3CCCC3=O)c2)ccc1OC(F)F. The van der Waals surface area contributed by atoms with E-state index in [0.29, 0.717) is 31.5 Å². The van der Waals surface area contributed by atoms with Crippen molar-refractivity contribution in [2.45, 2.75) is 25.9 Å². The van der Waals surface area contributed by atoms with E-state index >= 15 is 0 Å². The number of nitrogens with zero attached hydrogens (tertiary/aromatic N) is 1. The van der Waals surface area contributed by atoms with Crippen molar-refractivity contribution in [3.63, 3.8) is 0 Å². The number of carbonyl (C=O) groups is 2. The van der Waals surface area contributed by atoms with Gasteiger partial charge in [-0.15, -0.1) is 0 Å². The zero-order chi connectivity index (χ0) is 20.8. The first-order chi connectivity index (χ1) is 14.0. The molecule has 1 fully saturated rings. The number of amides is 2. The number of nitrogens with one attached hydrogen (secondary N) is 1. The van der Waals surface area contributed by atoms with Gasteiger partial charge in [0.05, 0.1) is 7.11 Å². The number of alkyl halides is 2. The van der Waals surface area contributed by atoms with Crippen LogP contribution < -0.4 is 19.7 Å². The molecule has 3 rings (SSSR count). The summed E-state index contributed by atoms with van der Waals surface area (Å²) < 4.78 is 34.3. The smallest absolute Gasteiger partial charge is 0.387 e. The van der Waals surface area contributed by atoms with Crippen LogP contribution in [-0.2, 0) is 11.2 Å². The summed E-state index contributed by atoms with van der Waals surface area (Å²) in [5.41, 5.74) is 2.00. The second-order valence-electron chi connectivity index (χ2n) is 6.57. The third-order valence-electron chi connectivity index (χ3n) is 4.64. The monoisotopic (exact) mass is 404 g/mol. The van der Waals surface area contributed by atoms with Crippen LogP contribution in [0.3, 0.4) is 0 Å². The molecule has 2 amide bonds. The summed E-state index contributed by atoms with van der Waals surface area (Å²) in [7, 11) is 1.37. The molecule has 1 saturated heterocycles. The Hall–Kier alpha value is -3.16. The molecular weight excluding hydrogens is 382 g/mol. The van der Waals surface area contributed by atoms with Gasteiger partial charge in [-0.25, -0.2) is 0 Å². The minimum Gasteiger partial charge on any atom is -0.493 e. The number of methoxy groups -OCH3 is 1. The lowest BCUT2D eigenvalue weighted by Gasteiger charge is -2.16. The molecule has 1 heterocycles. The highest BCUT2D eigenvalue weighted by atomic mass is 19.3. The molecule has 1 aliphatic heterocycles. The maximum atomic E-state index is 12.4. The van der Waals surface area contributed by atoms with Gasteiger partial charge >= 0.3 is 6.61 Å². The summed E-state index contributed by atoms with van der Waals surface area (Å²) >= 11 is 0. The maximum absolute atomic E-state index is 12.4. The van der Waals surface area contributed by atoms with Gasteiger partial charge in [-0.2, -0.15) is 8.78 Å². The molecule has 1 N–H and O–H groups in total. The van der Waals surface area contributed by atoms with Gasteiger partial charge in [-0.3, -0.25) is 9.59 Å². The Morgan fingerprint density at radius 2 is 2.03 bits per heavy atom. The van der Waals surface area contributed by atoms with Crippen molar-refractivity contribution in [3.05, 3.63) is 53.6 Å². The van der Waals surface area contributed by atoms with Crippen LogP contribution in [0, 0.1) is 0 Å². The van der Waals surface area contributed by atoms with Gasteiger partial charge in [0.1, 0.15) is 0 Å². The van der Waals surface area contributed by atoms with E-state index in [1.807, 2.05) is 6.07 Å². The van der Waals surface area contributed by atoms with Gasteiger partial charge < -0.3 is 19.7 Å². The molecule has 0 atom stereocenters. The van der Waals surface area contributed by atoms with Crippen molar-refractivity contribution >= 4 is 17.5 Å². The summed E-state index contributed by atoms with van der Waals surface area (Å²) in [5.74, 6) is -0.0143. The molecule has 0 bridgehead atoms. The molecular formula is C21H22F2N2O4.